The Morgan fingerprint density at radius 1 is 0.607 bits per heavy atom. The number of rotatable bonds is 10. The average Bonchev–Trinajstić information content (AvgIpc) is 4.00. The number of esters is 1. The van der Waals surface area contributed by atoms with Crippen LogP contribution in [0.4, 0.5) is 0 Å². The minimum absolute atomic E-state index is 0.00476. The molecule has 1 fully saturated rings. The Hall–Kier alpha value is -6.70. The number of hydrogen-bond donors (Lipinski definition) is 4. The van der Waals surface area contributed by atoms with Gasteiger partial charge in [0, 0.05) is 46.2 Å². The third kappa shape index (κ3) is 6.55. The van der Waals surface area contributed by atoms with Crippen LogP contribution in [0, 0.1) is 11.8 Å². The molecule has 6 unspecified atom stereocenters. The normalized spacial score (nSPS) is 24.6. The molecule has 1 saturated heterocycles. The SMILES string of the molecule is COc1ccc(C2c3cc4c(cc3OC(O)(CO)C2C(=O)O)OCO4)c(OC)c1OC.COc1ccc(C2c3cc4c(cc3OC3(O)COC(=O)C23)OCO4)c(OC)c1OC. The van der Waals surface area contributed by atoms with E-state index >= 15 is 0 Å². The second-order valence-corrected chi connectivity index (χ2v) is 14.2. The minimum Gasteiger partial charge on any atom is -0.493 e. The standard InChI is InChI=1S/C21H22O10.C21H20O9/c1-26-12-5-4-10(18(27-2)19(12)28-3)16-11-6-14-15(30-9-29-14)7-13(11)31-21(25,8-22)17(16)20(23)24;1-24-12-5-4-10(18(25-2)19(12)26-3)16-11-6-14-15(29-9-28-14)7-13(11)30-21(23)8-27-20(22)17(16)21/h4-7,16-17,22,25H,8-9H2,1-3H3,(H,23,24);4-7,16-17,23H,8-9H2,1-3H3. The quantitative estimate of drug-likeness (QED) is 0.168. The van der Waals surface area contributed by atoms with Crippen molar-refractivity contribution in [2.75, 3.05) is 69.5 Å². The predicted octanol–water partition coefficient (Wildman–Crippen LogP) is 3.17. The maximum atomic E-state index is 12.7. The monoisotopic (exact) mass is 850 g/mol. The number of aliphatic hydroxyl groups excluding tert-OH is 1. The maximum Gasteiger partial charge on any atom is 0.317 e. The summed E-state index contributed by atoms with van der Waals surface area (Å²) in [5.74, 6) is -6.00. The lowest BCUT2D eigenvalue weighted by Gasteiger charge is -2.42. The highest BCUT2D eigenvalue weighted by atomic mass is 16.7. The van der Waals surface area contributed by atoms with E-state index in [1.807, 2.05) is 0 Å². The smallest absolute Gasteiger partial charge is 0.317 e. The van der Waals surface area contributed by atoms with Crippen LogP contribution in [0.25, 0.3) is 0 Å². The zero-order valence-corrected chi connectivity index (χ0v) is 33.7. The number of hydrogen-bond acceptors (Lipinski definition) is 18. The Kier molecular flexibility index (Phi) is 10.6. The van der Waals surface area contributed by atoms with Gasteiger partial charge in [-0.2, -0.15) is 0 Å². The van der Waals surface area contributed by atoms with E-state index in [1.165, 1.54) is 48.7 Å². The summed E-state index contributed by atoms with van der Waals surface area (Å²) in [6.07, 6.45) is 0. The lowest BCUT2D eigenvalue weighted by atomic mass is 9.73. The van der Waals surface area contributed by atoms with Crippen LogP contribution in [-0.4, -0.2) is 113 Å². The van der Waals surface area contributed by atoms with Crippen molar-refractivity contribution in [3.8, 4) is 69.0 Å². The Morgan fingerprint density at radius 2 is 1.07 bits per heavy atom. The number of carbonyl (C=O) groups excluding carboxylic acids is 1. The molecule has 0 aromatic heterocycles. The van der Waals surface area contributed by atoms with Crippen molar-refractivity contribution >= 4 is 11.9 Å². The Labute approximate surface area is 347 Å². The van der Waals surface area contributed by atoms with E-state index in [0.29, 0.717) is 74.0 Å². The fourth-order valence-corrected chi connectivity index (χ4v) is 8.53. The molecule has 6 atom stereocenters. The van der Waals surface area contributed by atoms with Gasteiger partial charge >= 0.3 is 11.9 Å². The first-order valence-electron chi connectivity index (χ1n) is 18.7. The van der Waals surface area contributed by atoms with E-state index in [1.54, 1.807) is 42.5 Å². The molecule has 4 N–H and O–H groups in total. The summed E-state index contributed by atoms with van der Waals surface area (Å²) in [6.45, 7) is -1.16. The van der Waals surface area contributed by atoms with Crippen LogP contribution in [0.3, 0.4) is 0 Å². The molecule has 4 aromatic rings. The third-order valence-electron chi connectivity index (χ3n) is 11.2. The molecule has 0 amide bonds. The van der Waals surface area contributed by atoms with Crippen molar-refractivity contribution in [2.24, 2.45) is 11.8 Å². The molecule has 9 rings (SSSR count). The molecule has 0 bridgehead atoms. The van der Waals surface area contributed by atoms with Gasteiger partial charge in [0.1, 0.15) is 29.9 Å². The predicted molar refractivity (Wildman–Crippen MR) is 205 cm³/mol. The van der Waals surface area contributed by atoms with Gasteiger partial charge in [0.15, 0.2) is 52.6 Å². The fraction of sp³-hybridized carbons (Fsp3) is 0.381. The highest BCUT2D eigenvalue weighted by molar-refractivity contribution is 5.81. The molecule has 0 saturated carbocycles. The molecule has 61 heavy (non-hydrogen) atoms. The van der Waals surface area contributed by atoms with Gasteiger partial charge < -0.3 is 82.0 Å². The number of cyclic esters (lactones) is 1. The summed E-state index contributed by atoms with van der Waals surface area (Å²) in [5, 5.41) is 42.1. The van der Waals surface area contributed by atoms with Crippen LogP contribution < -0.4 is 56.8 Å². The average molecular weight is 851 g/mol. The van der Waals surface area contributed by atoms with E-state index in [4.69, 9.17) is 61.6 Å². The number of carbonyl (C=O) groups is 2. The first kappa shape index (κ1) is 41.1. The number of carboxylic acids is 1. The second kappa shape index (κ2) is 15.7. The summed E-state index contributed by atoms with van der Waals surface area (Å²) in [6, 6.07) is 13.2. The summed E-state index contributed by atoms with van der Waals surface area (Å²) in [4.78, 5) is 25.0. The molecule has 4 aromatic carbocycles. The van der Waals surface area contributed by atoms with E-state index in [-0.39, 0.29) is 37.4 Å². The van der Waals surface area contributed by atoms with Gasteiger partial charge in [0.25, 0.3) is 5.79 Å². The number of aliphatic hydroxyl groups is 3. The van der Waals surface area contributed by atoms with Gasteiger partial charge in [-0.3, -0.25) is 9.59 Å². The maximum absolute atomic E-state index is 12.7. The van der Waals surface area contributed by atoms with Crippen LogP contribution in [0.1, 0.15) is 34.1 Å². The highest BCUT2D eigenvalue weighted by Gasteiger charge is 2.60. The van der Waals surface area contributed by atoms with Crippen molar-refractivity contribution < 1.29 is 91.6 Å². The third-order valence-corrected chi connectivity index (χ3v) is 11.2. The van der Waals surface area contributed by atoms with Gasteiger partial charge in [-0.25, -0.2) is 0 Å². The van der Waals surface area contributed by atoms with Crippen molar-refractivity contribution in [2.45, 2.75) is 23.4 Å². The fourth-order valence-electron chi connectivity index (χ4n) is 8.53. The molecule has 19 heteroatoms. The molecule has 5 aliphatic heterocycles. The zero-order valence-electron chi connectivity index (χ0n) is 33.7. The molecule has 0 spiro atoms. The zero-order chi connectivity index (χ0) is 43.4. The first-order chi connectivity index (χ1) is 29.4. The van der Waals surface area contributed by atoms with E-state index < -0.39 is 53.8 Å². The Bertz CT molecular complexity index is 2380. The first-order valence-corrected chi connectivity index (χ1v) is 18.7. The Morgan fingerprint density at radius 3 is 1.52 bits per heavy atom. The van der Waals surface area contributed by atoms with Crippen LogP contribution in [0.5, 0.6) is 69.0 Å². The molecule has 5 aliphatic rings. The number of aliphatic carboxylic acids is 1. The molecular weight excluding hydrogens is 808 g/mol. The van der Waals surface area contributed by atoms with Crippen molar-refractivity contribution in [3.05, 3.63) is 70.8 Å². The molecule has 0 aliphatic carbocycles. The van der Waals surface area contributed by atoms with E-state index in [0.717, 1.165) is 0 Å². The van der Waals surface area contributed by atoms with E-state index in [2.05, 4.69) is 0 Å². The number of ether oxygens (including phenoxy) is 13. The number of benzene rings is 4. The second-order valence-electron chi connectivity index (χ2n) is 14.2. The van der Waals surface area contributed by atoms with Crippen molar-refractivity contribution in [1.29, 1.82) is 0 Å². The number of carboxylic acid groups (broad SMARTS) is 1. The van der Waals surface area contributed by atoms with Gasteiger partial charge in [-0.05, 0) is 24.3 Å². The Balaban J connectivity index is 0.000000168. The molecular formula is C42H42O19. The minimum atomic E-state index is -2.41. The van der Waals surface area contributed by atoms with Gasteiger partial charge in [0.05, 0.1) is 42.7 Å². The molecule has 5 heterocycles. The molecule has 0 radical (unpaired) electrons. The van der Waals surface area contributed by atoms with Crippen LogP contribution in [-0.2, 0) is 14.3 Å². The summed E-state index contributed by atoms with van der Waals surface area (Å²) < 4.78 is 71.2. The topological polar surface area (TPSA) is 235 Å². The summed E-state index contributed by atoms with van der Waals surface area (Å²) in [5.41, 5.74) is 2.06. The van der Waals surface area contributed by atoms with Gasteiger partial charge in [0.2, 0.25) is 30.9 Å². The molecule has 19 nitrogen and oxygen atoms in total. The van der Waals surface area contributed by atoms with Crippen molar-refractivity contribution in [1.82, 2.24) is 0 Å². The largest absolute Gasteiger partial charge is 0.493 e. The number of methoxy groups -OCH3 is 6. The van der Waals surface area contributed by atoms with Crippen LogP contribution in [0.15, 0.2) is 48.5 Å². The van der Waals surface area contributed by atoms with Gasteiger partial charge in [-0.1, -0.05) is 12.1 Å². The lowest BCUT2D eigenvalue weighted by molar-refractivity contribution is -0.220. The van der Waals surface area contributed by atoms with Crippen LogP contribution in [0.2, 0.25) is 0 Å². The van der Waals surface area contributed by atoms with E-state index in [9.17, 15) is 30.0 Å². The molecule has 324 valence electrons. The highest BCUT2D eigenvalue weighted by Crippen LogP contribution is 2.58. The summed E-state index contributed by atoms with van der Waals surface area (Å²) in [7, 11) is 8.83. The lowest BCUT2D eigenvalue weighted by Crippen LogP contribution is -2.55. The van der Waals surface area contributed by atoms with Crippen molar-refractivity contribution in [3.63, 3.8) is 0 Å². The number of fused-ring (bicyclic) bond motifs is 5. The van der Waals surface area contributed by atoms with Gasteiger partial charge in [-0.15, -0.1) is 0 Å². The summed E-state index contributed by atoms with van der Waals surface area (Å²) >= 11 is 0. The van der Waals surface area contributed by atoms with Crippen LogP contribution >= 0.6 is 0 Å².